The van der Waals surface area contributed by atoms with E-state index in [4.69, 9.17) is 9.47 Å². The van der Waals surface area contributed by atoms with Crippen molar-refractivity contribution >= 4 is 45.2 Å². The summed E-state index contributed by atoms with van der Waals surface area (Å²) in [5.74, 6) is -2.36. The average Bonchev–Trinajstić information content (AvgIpc) is 3.89. The van der Waals surface area contributed by atoms with Crippen LogP contribution >= 0.6 is 11.3 Å². The molecule has 3 fully saturated rings. The summed E-state index contributed by atoms with van der Waals surface area (Å²) in [5, 5.41) is 8.70. The molecule has 2 aliphatic carbocycles. The van der Waals surface area contributed by atoms with Crippen LogP contribution in [0.15, 0.2) is 47.7 Å². The molecular weight excluding hydrogens is 647 g/mol. The van der Waals surface area contributed by atoms with Gasteiger partial charge in [0.2, 0.25) is 27.7 Å². The molecule has 15 heteroatoms. The molecule has 3 aliphatic rings. The summed E-state index contributed by atoms with van der Waals surface area (Å²) >= 11 is 1.56. The molecule has 0 aromatic carbocycles. The lowest BCUT2D eigenvalue weighted by Crippen LogP contribution is -2.60. The zero-order valence-corrected chi connectivity index (χ0v) is 28.5. The van der Waals surface area contributed by atoms with Crippen LogP contribution in [-0.2, 0) is 29.1 Å². The number of carbonyl (C=O) groups excluding carboxylic acids is 4. The topological polar surface area (TPSA) is 173 Å². The minimum atomic E-state index is -3.87. The smallest absolute Gasteiger partial charge is 0.407 e. The van der Waals surface area contributed by atoms with Crippen LogP contribution < -0.4 is 20.1 Å². The fourth-order valence-electron chi connectivity index (χ4n) is 5.82. The number of nitrogens with one attached hydrogen (secondary N) is 3. The van der Waals surface area contributed by atoms with Crippen molar-refractivity contribution in [3.63, 3.8) is 0 Å². The highest BCUT2D eigenvalue weighted by Gasteiger charge is 2.62. The second-order valence-electron chi connectivity index (χ2n) is 13.4. The zero-order chi connectivity index (χ0) is 34.1. The summed E-state index contributed by atoms with van der Waals surface area (Å²) in [6, 6.07) is 5.32. The first-order valence-corrected chi connectivity index (χ1v) is 18.0. The molecule has 3 N–H and O–H groups in total. The molecule has 5 atom stereocenters. The largest absolute Gasteiger partial charge is 0.477 e. The van der Waals surface area contributed by atoms with Crippen molar-refractivity contribution in [2.24, 2.45) is 17.3 Å². The van der Waals surface area contributed by atoms with E-state index in [1.807, 2.05) is 29.0 Å². The Morgan fingerprint density at radius 2 is 1.96 bits per heavy atom. The third-order valence-electron chi connectivity index (χ3n) is 8.79. The van der Waals surface area contributed by atoms with Crippen LogP contribution in [0.25, 0.3) is 11.3 Å². The van der Waals surface area contributed by atoms with E-state index in [2.05, 4.69) is 26.9 Å². The maximum absolute atomic E-state index is 14.1. The molecule has 1 aliphatic heterocycles. The van der Waals surface area contributed by atoms with E-state index in [0.717, 1.165) is 11.3 Å². The molecule has 13 nitrogen and oxygen atoms in total. The molecule has 5 rings (SSSR count). The van der Waals surface area contributed by atoms with Gasteiger partial charge in [-0.3, -0.25) is 19.1 Å². The normalized spacial score (nSPS) is 24.5. The van der Waals surface area contributed by atoms with Gasteiger partial charge in [-0.25, -0.2) is 18.2 Å². The number of carbonyl (C=O) groups is 4. The van der Waals surface area contributed by atoms with Crippen molar-refractivity contribution in [1.82, 2.24) is 25.2 Å². The van der Waals surface area contributed by atoms with Crippen molar-refractivity contribution < 1.29 is 37.1 Å². The summed E-state index contributed by atoms with van der Waals surface area (Å²) in [5.41, 5.74) is -0.555. The molecule has 0 radical (unpaired) electrons. The van der Waals surface area contributed by atoms with Crippen LogP contribution in [0.4, 0.5) is 4.79 Å². The Balaban J connectivity index is 1.36. The number of sulfonamides is 1. The summed E-state index contributed by atoms with van der Waals surface area (Å²) in [6.07, 6.45) is 2.00. The fraction of sp³-hybridized carbons (Fsp3) is 0.531. The lowest BCUT2D eigenvalue weighted by molar-refractivity contribution is -0.142. The van der Waals surface area contributed by atoms with Gasteiger partial charge in [0.05, 0.1) is 24.7 Å². The van der Waals surface area contributed by atoms with Gasteiger partial charge < -0.3 is 25.0 Å². The standard InChI is InChI=1S/C32H41N5O8S2/c1-6-21-15-32(21,29(40)36-47(42,43)22-10-11-22)35-27(38)24-14-19(16-37(24)28(39)26(31(2,3)4)34-30(41)44-5)17-45-25-9-7-8-23(33-25)20-12-13-46-18-20/h6-9,12-13,18-19,21-22,24,26H,1,10-11,14-17H2,2-5H3,(H,34,41)(H,35,38)(H,36,40)/t19-,21?,24+,26-,32-/m1/s1. The van der Waals surface area contributed by atoms with Crippen LogP contribution in [0.5, 0.6) is 5.88 Å². The highest BCUT2D eigenvalue weighted by molar-refractivity contribution is 7.91. The minimum absolute atomic E-state index is 0.122. The second kappa shape index (κ2) is 13.3. The van der Waals surface area contributed by atoms with Crippen molar-refractivity contribution in [3.05, 3.63) is 47.7 Å². The molecule has 2 aromatic rings. The van der Waals surface area contributed by atoms with Crippen molar-refractivity contribution in [3.8, 4) is 17.1 Å². The van der Waals surface area contributed by atoms with E-state index < -0.39 is 68.0 Å². The molecule has 0 bridgehead atoms. The number of alkyl carbamates (subject to hydrolysis) is 1. The van der Waals surface area contributed by atoms with Crippen LogP contribution in [0.2, 0.25) is 0 Å². The van der Waals surface area contributed by atoms with Gasteiger partial charge >= 0.3 is 6.09 Å². The van der Waals surface area contributed by atoms with Crippen LogP contribution in [0, 0.1) is 17.3 Å². The highest BCUT2D eigenvalue weighted by Crippen LogP contribution is 2.45. The third kappa shape index (κ3) is 7.61. The van der Waals surface area contributed by atoms with Gasteiger partial charge in [0.1, 0.15) is 17.6 Å². The number of aromatic nitrogens is 1. The SMILES string of the molecule is C=CC1C[C@]1(NC(=O)[C@@H]1C[C@@H](COc2cccc(-c3ccsc3)n2)CN1C(=O)[C@@H](NC(=O)OC)C(C)(C)C)C(=O)NS(=O)(=O)C1CC1. The number of pyridine rings is 1. The number of ether oxygens (including phenoxy) is 2. The average molecular weight is 688 g/mol. The summed E-state index contributed by atoms with van der Waals surface area (Å²) < 4.78 is 38.1. The molecule has 2 aromatic heterocycles. The van der Waals surface area contributed by atoms with E-state index in [9.17, 15) is 27.6 Å². The molecule has 4 amide bonds. The summed E-state index contributed by atoms with van der Waals surface area (Å²) in [6.45, 7) is 9.34. The molecule has 2 saturated carbocycles. The molecule has 3 heterocycles. The van der Waals surface area contributed by atoms with E-state index in [1.165, 1.54) is 18.1 Å². The van der Waals surface area contributed by atoms with Gasteiger partial charge in [-0.15, -0.1) is 6.58 Å². The number of likely N-dealkylation sites (tertiary alicyclic amines) is 1. The van der Waals surface area contributed by atoms with E-state index >= 15 is 0 Å². The number of nitrogens with zero attached hydrogens (tertiary/aromatic N) is 2. The number of amides is 4. The predicted molar refractivity (Wildman–Crippen MR) is 175 cm³/mol. The Labute approximate surface area is 278 Å². The number of hydrogen-bond acceptors (Lipinski definition) is 10. The first-order chi connectivity index (χ1) is 22.2. The predicted octanol–water partition coefficient (Wildman–Crippen LogP) is 2.85. The van der Waals surface area contributed by atoms with Gasteiger partial charge in [0.15, 0.2) is 0 Å². The Bertz CT molecular complexity index is 1640. The van der Waals surface area contributed by atoms with Crippen LogP contribution in [0.1, 0.15) is 46.5 Å². The van der Waals surface area contributed by atoms with Gasteiger partial charge in [-0.1, -0.05) is 32.9 Å². The van der Waals surface area contributed by atoms with Gasteiger partial charge in [-0.2, -0.15) is 11.3 Å². The Hall–Kier alpha value is -3.98. The van der Waals surface area contributed by atoms with Crippen molar-refractivity contribution in [1.29, 1.82) is 0 Å². The molecule has 1 saturated heterocycles. The number of methoxy groups -OCH3 is 1. The number of thiophene rings is 1. The third-order valence-corrected chi connectivity index (χ3v) is 11.3. The van der Waals surface area contributed by atoms with Crippen molar-refractivity contribution in [2.45, 2.75) is 69.3 Å². The zero-order valence-electron chi connectivity index (χ0n) is 26.9. The highest BCUT2D eigenvalue weighted by atomic mass is 32.2. The fourth-order valence-corrected chi connectivity index (χ4v) is 7.83. The monoisotopic (exact) mass is 687 g/mol. The minimum Gasteiger partial charge on any atom is -0.477 e. The quantitative estimate of drug-likeness (QED) is 0.284. The maximum atomic E-state index is 14.1. The Kier molecular flexibility index (Phi) is 9.69. The number of rotatable bonds is 12. The second-order valence-corrected chi connectivity index (χ2v) is 16.2. The molecular formula is C32H41N5O8S2. The number of hydrogen-bond donors (Lipinski definition) is 3. The molecule has 47 heavy (non-hydrogen) atoms. The first-order valence-electron chi connectivity index (χ1n) is 15.5. The lowest BCUT2D eigenvalue weighted by Gasteiger charge is -2.35. The van der Waals surface area contributed by atoms with Crippen LogP contribution in [-0.4, -0.2) is 85.3 Å². The molecule has 0 spiro atoms. The van der Waals surface area contributed by atoms with Gasteiger partial charge in [0.25, 0.3) is 5.91 Å². The Morgan fingerprint density at radius 3 is 2.55 bits per heavy atom. The van der Waals surface area contributed by atoms with Gasteiger partial charge in [0, 0.05) is 35.4 Å². The summed E-state index contributed by atoms with van der Waals surface area (Å²) in [7, 11) is -2.67. The van der Waals surface area contributed by atoms with Crippen molar-refractivity contribution in [2.75, 3.05) is 20.3 Å². The molecule has 254 valence electrons. The van der Waals surface area contributed by atoms with E-state index in [1.54, 1.807) is 38.2 Å². The first kappa shape index (κ1) is 34.4. The van der Waals surface area contributed by atoms with Gasteiger partial charge in [-0.05, 0) is 48.6 Å². The van der Waals surface area contributed by atoms with Crippen LogP contribution in [0.3, 0.4) is 0 Å². The van der Waals surface area contributed by atoms with E-state index in [-0.39, 0.29) is 31.9 Å². The summed E-state index contributed by atoms with van der Waals surface area (Å²) in [4.78, 5) is 59.6. The lowest BCUT2D eigenvalue weighted by atomic mass is 9.85. The Morgan fingerprint density at radius 1 is 1.21 bits per heavy atom. The maximum Gasteiger partial charge on any atom is 0.407 e. The van der Waals surface area contributed by atoms with E-state index in [0.29, 0.717) is 18.7 Å². The molecule has 1 unspecified atom stereocenters.